The first-order valence-corrected chi connectivity index (χ1v) is 4.90. The second-order valence-electron chi connectivity index (χ2n) is 3.14. The Kier molecular flexibility index (Phi) is 2.83. The maximum absolute atomic E-state index is 11.7. The molecule has 0 saturated heterocycles. The highest BCUT2D eigenvalue weighted by molar-refractivity contribution is 6.30. The van der Waals surface area contributed by atoms with Gasteiger partial charge in [-0.05, 0) is 24.3 Å². The molecule has 0 aliphatic heterocycles. The van der Waals surface area contributed by atoms with Gasteiger partial charge in [-0.3, -0.25) is 4.79 Å². The zero-order valence-corrected chi connectivity index (χ0v) is 8.66. The van der Waals surface area contributed by atoms with Gasteiger partial charge in [0.1, 0.15) is 5.82 Å². The Morgan fingerprint density at radius 1 is 1.33 bits per heavy atom. The van der Waals surface area contributed by atoms with Crippen molar-refractivity contribution in [3.05, 3.63) is 53.1 Å². The smallest absolute Gasteiger partial charge is 0.170 e. The van der Waals surface area contributed by atoms with Crippen LogP contribution in [0, 0.1) is 0 Å². The number of H-pyrrole nitrogens is 1. The predicted molar refractivity (Wildman–Crippen MR) is 58.1 cm³/mol. The molecule has 0 atom stereocenters. The van der Waals surface area contributed by atoms with Gasteiger partial charge in [-0.25, -0.2) is 4.98 Å². The number of ketones is 1. The van der Waals surface area contributed by atoms with E-state index in [0.29, 0.717) is 16.4 Å². The summed E-state index contributed by atoms with van der Waals surface area (Å²) in [7, 11) is 0. The van der Waals surface area contributed by atoms with Crippen LogP contribution in [0.25, 0.3) is 0 Å². The highest BCUT2D eigenvalue weighted by Gasteiger charge is 2.07. The van der Waals surface area contributed by atoms with Crippen LogP contribution in [0.1, 0.15) is 16.2 Å². The number of Topliss-reactive ketones (excluding diaryl/α,β-unsaturated/α-hetero) is 1. The van der Waals surface area contributed by atoms with Crippen molar-refractivity contribution in [1.82, 2.24) is 9.97 Å². The van der Waals surface area contributed by atoms with E-state index in [1.165, 1.54) is 0 Å². The number of aromatic nitrogens is 2. The fraction of sp³-hybridized carbons (Fsp3) is 0.0909. The third-order valence-corrected chi connectivity index (χ3v) is 2.30. The van der Waals surface area contributed by atoms with Crippen LogP contribution in [0.3, 0.4) is 0 Å². The lowest BCUT2D eigenvalue weighted by Gasteiger charge is -1.98. The maximum Gasteiger partial charge on any atom is 0.170 e. The zero-order chi connectivity index (χ0) is 10.7. The van der Waals surface area contributed by atoms with Crippen molar-refractivity contribution in [3.8, 4) is 0 Å². The summed E-state index contributed by atoms with van der Waals surface area (Å²) in [5.74, 6) is 0.705. The highest BCUT2D eigenvalue weighted by atomic mass is 35.5. The Balaban J connectivity index is 2.11. The number of halogens is 1. The van der Waals surface area contributed by atoms with Gasteiger partial charge in [0.25, 0.3) is 0 Å². The molecule has 3 nitrogen and oxygen atoms in total. The van der Waals surface area contributed by atoms with Crippen molar-refractivity contribution in [2.45, 2.75) is 6.42 Å². The van der Waals surface area contributed by atoms with Gasteiger partial charge in [0, 0.05) is 23.0 Å². The van der Waals surface area contributed by atoms with Crippen molar-refractivity contribution < 1.29 is 4.79 Å². The van der Waals surface area contributed by atoms with Gasteiger partial charge in [0.05, 0.1) is 6.42 Å². The van der Waals surface area contributed by atoms with Crippen molar-refractivity contribution >= 4 is 17.4 Å². The molecule has 76 valence electrons. The average Bonchev–Trinajstić information content (AvgIpc) is 2.71. The van der Waals surface area contributed by atoms with Crippen molar-refractivity contribution in [2.75, 3.05) is 0 Å². The summed E-state index contributed by atoms with van der Waals surface area (Å²) < 4.78 is 0. The minimum absolute atomic E-state index is 0.0293. The summed E-state index contributed by atoms with van der Waals surface area (Å²) >= 11 is 5.73. The summed E-state index contributed by atoms with van der Waals surface area (Å²) in [5.41, 5.74) is 0.649. The van der Waals surface area contributed by atoms with E-state index < -0.39 is 0 Å². The van der Waals surface area contributed by atoms with Gasteiger partial charge >= 0.3 is 0 Å². The lowest BCUT2D eigenvalue weighted by molar-refractivity contribution is 0.0991. The predicted octanol–water partition coefficient (Wildman–Crippen LogP) is 2.49. The zero-order valence-electron chi connectivity index (χ0n) is 7.90. The van der Waals surface area contributed by atoms with Crippen LogP contribution in [-0.4, -0.2) is 15.8 Å². The molecular formula is C11H9ClN2O. The number of carbonyl (C=O) groups is 1. The molecule has 2 rings (SSSR count). The van der Waals surface area contributed by atoms with Gasteiger partial charge in [-0.15, -0.1) is 0 Å². The van der Waals surface area contributed by atoms with Gasteiger partial charge in [0.15, 0.2) is 5.78 Å². The molecule has 0 amide bonds. The topological polar surface area (TPSA) is 45.8 Å². The molecule has 15 heavy (non-hydrogen) atoms. The van der Waals surface area contributed by atoms with Crippen molar-refractivity contribution in [3.63, 3.8) is 0 Å². The van der Waals surface area contributed by atoms with Gasteiger partial charge in [-0.1, -0.05) is 11.6 Å². The molecule has 4 heteroatoms. The number of rotatable bonds is 3. The summed E-state index contributed by atoms with van der Waals surface area (Å²) in [6.07, 6.45) is 3.61. The summed E-state index contributed by atoms with van der Waals surface area (Å²) in [4.78, 5) is 18.6. The largest absolute Gasteiger partial charge is 0.348 e. The molecule has 0 bridgehead atoms. The molecule has 0 saturated carbocycles. The monoisotopic (exact) mass is 220 g/mol. The van der Waals surface area contributed by atoms with Crippen LogP contribution in [0.4, 0.5) is 0 Å². The first-order chi connectivity index (χ1) is 7.25. The van der Waals surface area contributed by atoms with Crippen molar-refractivity contribution in [1.29, 1.82) is 0 Å². The van der Waals surface area contributed by atoms with Gasteiger partial charge < -0.3 is 4.98 Å². The van der Waals surface area contributed by atoms with Crippen LogP contribution < -0.4 is 0 Å². The van der Waals surface area contributed by atoms with E-state index in [4.69, 9.17) is 11.6 Å². The molecule has 1 aromatic heterocycles. The van der Waals surface area contributed by atoms with E-state index in [9.17, 15) is 4.79 Å². The van der Waals surface area contributed by atoms with E-state index in [1.807, 2.05) is 0 Å². The Hall–Kier alpha value is -1.61. The van der Waals surface area contributed by atoms with E-state index in [0.717, 1.165) is 0 Å². The summed E-state index contributed by atoms with van der Waals surface area (Å²) in [6, 6.07) is 6.84. The van der Waals surface area contributed by atoms with Crippen LogP contribution in [0.5, 0.6) is 0 Å². The SMILES string of the molecule is O=C(Cc1ncc[nH]1)c1ccc(Cl)cc1. The summed E-state index contributed by atoms with van der Waals surface area (Å²) in [5, 5.41) is 0.629. The van der Waals surface area contributed by atoms with Crippen LogP contribution in [0.2, 0.25) is 5.02 Å². The molecule has 0 unspecified atom stereocenters. The minimum Gasteiger partial charge on any atom is -0.348 e. The fourth-order valence-corrected chi connectivity index (χ4v) is 1.41. The minimum atomic E-state index is 0.0293. The molecular weight excluding hydrogens is 212 g/mol. The van der Waals surface area contributed by atoms with Crippen LogP contribution in [0.15, 0.2) is 36.7 Å². The third-order valence-electron chi connectivity index (χ3n) is 2.05. The van der Waals surface area contributed by atoms with Gasteiger partial charge in [-0.2, -0.15) is 0 Å². The molecule has 1 heterocycles. The summed E-state index contributed by atoms with van der Waals surface area (Å²) in [6.45, 7) is 0. The second-order valence-corrected chi connectivity index (χ2v) is 3.58. The number of imidazole rings is 1. The Bertz CT molecular complexity index is 448. The molecule has 0 spiro atoms. The van der Waals surface area contributed by atoms with Crippen LogP contribution >= 0.6 is 11.6 Å². The van der Waals surface area contributed by atoms with E-state index in [2.05, 4.69) is 9.97 Å². The van der Waals surface area contributed by atoms with Crippen molar-refractivity contribution in [2.24, 2.45) is 0 Å². The fourth-order valence-electron chi connectivity index (χ4n) is 1.28. The first-order valence-electron chi connectivity index (χ1n) is 4.53. The van der Waals surface area contributed by atoms with Crippen LogP contribution in [-0.2, 0) is 6.42 Å². The normalized spacial score (nSPS) is 10.2. The molecule has 0 fully saturated rings. The molecule has 1 N–H and O–H groups in total. The Morgan fingerprint density at radius 3 is 2.67 bits per heavy atom. The molecule has 1 aromatic carbocycles. The number of hydrogen-bond donors (Lipinski definition) is 1. The van der Waals surface area contributed by atoms with E-state index in [1.54, 1.807) is 36.7 Å². The number of carbonyl (C=O) groups excluding carboxylic acids is 1. The quantitative estimate of drug-likeness (QED) is 0.808. The number of benzene rings is 1. The number of nitrogens with zero attached hydrogens (tertiary/aromatic N) is 1. The molecule has 0 radical (unpaired) electrons. The number of hydrogen-bond acceptors (Lipinski definition) is 2. The first kappa shape index (κ1) is 9.93. The Labute approximate surface area is 92.1 Å². The molecule has 0 aliphatic carbocycles. The number of nitrogens with one attached hydrogen (secondary N) is 1. The van der Waals surface area contributed by atoms with E-state index in [-0.39, 0.29) is 12.2 Å². The lowest BCUT2D eigenvalue weighted by atomic mass is 10.1. The standard InChI is InChI=1S/C11H9ClN2O/c12-9-3-1-8(2-4-9)10(15)7-11-13-5-6-14-11/h1-6H,7H2,(H,13,14). The molecule has 2 aromatic rings. The maximum atomic E-state index is 11.7. The third kappa shape index (κ3) is 2.44. The second kappa shape index (κ2) is 4.28. The van der Waals surface area contributed by atoms with Gasteiger partial charge in [0.2, 0.25) is 0 Å². The Morgan fingerprint density at radius 2 is 2.07 bits per heavy atom. The highest BCUT2D eigenvalue weighted by Crippen LogP contribution is 2.11. The number of aromatic amines is 1. The molecule has 0 aliphatic rings. The lowest BCUT2D eigenvalue weighted by Crippen LogP contribution is -2.04. The van der Waals surface area contributed by atoms with E-state index >= 15 is 0 Å². The average molecular weight is 221 g/mol.